The second-order valence-electron chi connectivity index (χ2n) is 17.1. The van der Waals surface area contributed by atoms with Gasteiger partial charge in [-0.2, -0.15) is 19.0 Å². The first-order valence-corrected chi connectivity index (χ1v) is 23.0. The molecular formula is C43H37ClF8N8O5S. The van der Waals surface area contributed by atoms with E-state index in [9.17, 15) is 39.6 Å². The molecule has 1 saturated heterocycles. The van der Waals surface area contributed by atoms with Crippen LogP contribution in [0, 0.1) is 17.6 Å². The normalized spacial score (nSPS) is 19.7. The van der Waals surface area contributed by atoms with Gasteiger partial charge in [-0.3, -0.25) is 28.2 Å². The average molecular weight is 965 g/mol. The molecule has 0 unspecified atom stereocenters. The average Bonchev–Trinajstić information content (AvgIpc) is 4.18. The Balaban J connectivity index is 1.18. The summed E-state index contributed by atoms with van der Waals surface area (Å²) < 4.78 is 154. The third-order valence-corrected chi connectivity index (χ3v) is 14.8. The second kappa shape index (κ2) is 16.3. The number of halogens is 9. The topological polar surface area (TPSA) is 155 Å². The van der Waals surface area contributed by atoms with Crippen molar-refractivity contribution in [3.8, 4) is 5.69 Å². The van der Waals surface area contributed by atoms with E-state index in [0.717, 1.165) is 26.9 Å². The zero-order valence-corrected chi connectivity index (χ0v) is 35.8. The minimum absolute atomic E-state index is 0.0125. The highest BCUT2D eigenvalue weighted by Crippen LogP contribution is 2.68. The Morgan fingerprint density at radius 2 is 1.68 bits per heavy atom. The molecular weight excluding hydrogens is 928 g/mol. The van der Waals surface area contributed by atoms with Gasteiger partial charge >= 0.3 is 0 Å². The molecule has 2 N–H and O–H groups in total. The smallest absolute Gasteiger partial charge is 0.293 e. The summed E-state index contributed by atoms with van der Waals surface area (Å²) in [5.74, 6) is -9.66. The SMILES string of the molecule is O=C(Cn1nc(C(F)F)c2c1C(F)(F)[C@@H]1C[C@H]21)N[C@@H](Cc1cc(F)cc(F)c1)c1nc2cc(C3CCOCC3)ccc2c(=O)n1-c1ccc(Cl)c2c(NS(=O)(=O)C3CC3)nn(CC(F)F)c12. The molecule has 23 heteroatoms. The van der Waals surface area contributed by atoms with Gasteiger partial charge in [0.2, 0.25) is 15.9 Å². The number of nitrogens with one attached hydrogen (secondary N) is 2. The second-order valence-corrected chi connectivity index (χ2v) is 19.5. The van der Waals surface area contributed by atoms with Gasteiger partial charge < -0.3 is 10.1 Å². The molecule has 4 aliphatic rings. The van der Waals surface area contributed by atoms with Crippen molar-refractivity contribution in [1.29, 1.82) is 0 Å². The van der Waals surface area contributed by atoms with Gasteiger partial charge in [0.05, 0.1) is 43.8 Å². The highest BCUT2D eigenvalue weighted by atomic mass is 35.5. The first kappa shape index (κ1) is 44.2. The lowest BCUT2D eigenvalue weighted by molar-refractivity contribution is -0.123. The number of fused-ring (bicyclic) bond motifs is 5. The third-order valence-electron chi connectivity index (χ3n) is 12.7. The zero-order chi connectivity index (χ0) is 46.6. The predicted octanol–water partition coefficient (Wildman–Crippen LogP) is 8.17. The van der Waals surface area contributed by atoms with Crippen LogP contribution in [0.1, 0.15) is 90.3 Å². The molecule has 3 aromatic heterocycles. The molecule has 0 radical (unpaired) electrons. The van der Waals surface area contributed by atoms with Crippen molar-refractivity contribution < 1.29 is 53.1 Å². The van der Waals surface area contributed by atoms with Crippen molar-refractivity contribution in [2.24, 2.45) is 5.92 Å². The fourth-order valence-corrected chi connectivity index (χ4v) is 11.0. The number of carbonyl (C=O) groups is 1. The van der Waals surface area contributed by atoms with Crippen LogP contribution in [0.15, 0.2) is 53.3 Å². The number of carbonyl (C=O) groups excluding carboxylic acids is 1. The van der Waals surface area contributed by atoms with Crippen molar-refractivity contribution in [3.05, 3.63) is 109 Å². The summed E-state index contributed by atoms with van der Waals surface area (Å²) in [6.07, 6.45) is -4.96. The summed E-state index contributed by atoms with van der Waals surface area (Å²) in [7, 11) is -4.07. The van der Waals surface area contributed by atoms with Gasteiger partial charge in [-0.15, -0.1) is 0 Å². The Bertz CT molecular complexity index is 3110. The standard InChI is InChI=1S/C43H37ClF8N8O5S/c44-28-5-6-31(37-35(28)40(56-58(37)17-32(47)48)57-66(63,64)24-2-3-24)60-41(54-29-14-21(1-4-25(29)42(60)62)20-7-9-65-10-8-20)30(13-19-11-22(45)15-23(46)12-19)53-33(61)18-59-38-34(36(55-59)39(49)50)26-16-27(26)43(38,51)52/h1,4-6,11-12,14-15,20,24,26-27,30,32,39H,2-3,7-10,13,16-18H2,(H,53,61)(H,56,57)/t26-,27+,30-/m0/s1. The maximum absolute atomic E-state index is 15.6. The molecule has 1 aliphatic heterocycles. The van der Waals surface area contributed by atoms with Crippen molar-refractivity contribution >= 4 is 55.2 Å². The quantitative estimate of drug-likeness (QED) is 0.104. The number of nitrogens with zero attached hydrogens (tertiary/aromatic N) is 6. The van der Waals surface area contributed by atoms with Crippen LogP contribution < -0.4 is 15.6 Å². The van der Waals surface area contributed by atoms with Gasteiger partial charge in [0.15, 0.2) is 5.82 Å². The highest BCUT2D eigenvalue weighted by Gasteiger charge is 2.67. The molecule has 6 aromatic rings. The van der Waals surface area contributed by atoms with Gasteiger partial charge in [-0.25, -0.2) is 39.7 Å². The molecule has 2 saturated carbocycles. The molecule has 66 heavy (non-hydrogen) atoms. The molecule has 3 fully saturated rings. The van der Waals surface area contributed by atoms with Gasteiger partial charge in [0.1, 0.15) is 41.9 Å². The van der Waals surface area contributed by atoms with Crippen LogP contribution in [0.2, 0.25) is 5.02 Å². The van der Waals surface area contributed by atoms with E-state index < -0.39 is 112 Å². The maximum Gasteiger partial charge on any atom is 0.293 e. The molecule has 1 amide bonds. The first-order valence-electron chi connectivity index (χ1n) is 21.0. The number of ether oxygens (including phenoxy) is 1. The van der Waals surface area contributed by atoms with E-state index in [-0.39, 0.29) is 61.8 Å². The van der Waals surface area contributed by atoms with E-state index in [1.807, 2.05) is 0 Å². The summed E-state index contributed by atoms with van der Waals surface area (Å²) in [4.78, 5) is 34.3. The molecule has 10 rings (SSSR count). The van der Waals surface area contributed by atoms with Crippen molar-refractivity contribution in [2.45, 2.75) is 93.5 Å². The number of anilines is 1. The fraction of sp³-hybridized carbons (Fsp3) is 0.419. The number of hydrogen-bond acceptors (Lipinski definition) is 8. The van der Waals surface area contributed by atoms with E-state index in [2.05, 4.69) is 20.2 Å². The fourth-order valence-electron chi connectivity index (χ4n) is 9.47. The molecule has 0 bridgehead atoms. The minimum Gasteiger partial charge on any atom is -0.381 e. The van der Waals surface area contributed by atoms with Crippen molar-refractivity contribution in [1.82, 2.24) is 34.4 Å². The molecule has 3 aliphatic carbocycles. The van der Waals surface area contributed by atoms with E-state index in [1.54, 1.807) is 12.1 Å². The molecule has 0 spiro atoms. The summed E-state index contributed by atoms with van der Waals surface area (Å²) in [6.45, 7) is -1.24. The van der Waals surface area contributed by atoms with Crippen LogP contribution in [-0.2, 0) is 45.0 Å². The van der Waals surface area contributed by atoms with E-state index >= 15 is 13.6 Å². The molecule has 3 atom stereocenters. The van der Waals surface area contributed by atoms with Crippen LogP contribution in [0.3, 0.4) is 0 Å². The number of rotatable bonds is 14. The Labute approximate surface area is 374 Å². The minimum atomic E-state index is -4.07. The summed E-state index contributed by atoms with van der Waals surface area (Å²) in [5.41, 5.74) is -2.64. The number of aromatic nitrogens is 6. The Morgan fingerprint density at radius 1 is 0.955 bits per heavy atom. The predicted molar refractivity (Wildman–Crippen MR) is 223 cm³/mol. The number of sulfonamides is 1. The Morgan fingerprint density at radius 3 is 2.36 bits per heavy atom. The maximum atomic E-state index is 15.6. The monoisotopic (exact) mass is 964 g/mol. The highest BCUT2D eigenvalue weighted by molar-refractivity contribution is 7.93. The van der Waals surface area contributed by atoms with Gasteiger partial charge in [0, 0.05) is 37.2 Å². The summed E-state index contributed by atoms with van der Waals surface area (Å²) >= 11 is 6.68. The van der Waals surface area contributed by atoms with Gasteiger partial charge in [-0.1, -0.05) is 17.7 Å². The van der Waals surface area contributed by atoms with Gasteiger partial charge in [-0.05, 0) is 91.5 Å². The lowest BCUT2D eigenvalue weighted by Gasteiger charge is -2.25. The molecule has 3 aromatic carbocycles. The number of benzene rings is 3. The molecule has 4 heterocycles. The van der Waals surface area contributed by atoms with Crippen LogP contribution >= 0.6 is 11.6 Å². The van der Waals surface area contributed by atoms with E-state index in [0.29, 0.717) is 49.6 Å². The van der Waals surface area contributed by atoms with Crippen LogP contribution in [0.4, 0.5) is 40.9 Å². The largest absolute Gasteiger partial charge is 0.381 e. The van der Waals surface area contributed by atoms with Crippen LogP contribution in [0.25, 0.3) is 27.5 Å². The molecule has 13 nitrogen and oxygen atoms in total. The number of amides is 1. The van der Waals surface area contributed by atoms with Crippen molar-refractivity contribution in [3.63, 3.8) is 0 Å². The van der Waals surface area contributed by atoms with Crippen LogP contribution in [0.5, 0.6) is 0 Å². The summed E-state index contributed by atoms with van der Waals surface area (Å²) in [6, 6.07) is 8.24. The number of alkyl halides is 6. The lowest BCUT2D eigenvalue weighted by atomic mass is 9.91. The Kier molecular flexibility index (Phi) is 10.9. The Hall–Kier alpha value is -5.61. The zero-order valence-electron chi connectivity index (χ0n) is 34.3. The van der Waals surface area contributed by atoms with Gasteiger partial charge in [0.25, 0.3) is 24.3 Å². The lowest BCUT2D eigenvalue weighted by Crippen LogP contribution is -2.38. The van der Waals surface area contributed by atoms with E-state index in [4.69, 9.17) is 21.3 Å². The summed E-state index contributed by atoms with van der Waals surface area (Å²) in [5, 5.41) is 9.41. The van der Waals surface area contributed by atoms with Crippen molar-refractivity contribution in [2.75, 3.05) is 17.9 Å². The van der Waals surface area contributed by atoms with Crippen LogP contribution in [-0.4, -0.2) is 68.3 Å². The van der Waals surface area contributed by atoms with E-state index in [1.165, 1.54) is 18.2 Å². The third kappa shape index (κ3) is 7.86. The first-order chi connectivity index (χ1) is 31.4. The molecule has 348 valence electrons. The number of hydrogen-bond donors (Lipinski definition) is 2.